The zero-order chi connectivity index (χ0) is 13.2. The van der Waals surface area contributed by atoms with Crippen LogP contribution in [0.2, 0.25) is 0 Å². The lowest BCUT2D eigenvalue weighted by Crippen LogP contribution is -2.10. The predicted molar refractivity (Wildman–Crippen MR) is 76.8 cm³/mol. The zero-order valence-electron chi connectivity index (χ0n) is 10.2. The van der Waals surface area contributed by atoms with E-state index in [0.29, 0.717) is 5.92 Å². The average molecular weight is 312 g/mol. The maximum atomic E-state index is 11.9. The van der Waals surface area contributed by atoms with Crippen LogP contribution in [0.25, 0.3) is 0 Å². The van der Waals surface area contributed by atoms with Gasteiger partial charge in [-0.15, -0.1) is 10.2 Å². The summed E-state index contributed by atoms with van der Waals surface area (Å²) in [6, 6.07) is 1.95. The molecule has 2 heterocycles. The van der Waals surface area contributed by atoms with E-state index < -0.39 is 0 Å². The predicted octanol–water partition coefficient (Wildman–Crippen LogP) is 3.48. The second kappa shape index (κ2) is 5.60. The van der Waals surface area contributed by atoms with Crippen LogP contribution in [-0.4, -0.2) is 23.3 Å². The van der Waals surface area contributed by atoms with Crippen LogP contribution in [0.15, 0.2) is 21.2 Å². The van der Waals surface area contributed by atoms with Gasteiger partial charge in [0, 0.05) is 5.92 Å². The molecule has 0 amide bonds. The van der Waals surface area contributed by atoms with Gasteiger partial charge in [0.2, 0.25) is 0 Å². The summed E-state index contributed by atoms with van der Waals surface area (Å²) in [6.07, 6.45) is 2.43. The first-order valence-electron chi connectivity index (χ1n) is 5.88. The van der Waals surface area contributed by atoms with Crippen molar-refractivity contribution in [3.8, 4) is 0 Å². The molecule has 0 bridgehead atoms. The van der Waals surface area contributed by atoms with Gasteiger partial charge in [0.15, 0.2) is 4.34 Å². The molecule has 100 valence electrons. The molecule has 0 N–H and O–H groups in total. The number of ether oxygens (including phenoxy) is 1. The minimum Gasteiger partial charge on any atom is -0.468 e. The van der Waals surface area contributed by atoms with Crippen molar-refractivity contribution in [3.63, 3.8) is 0 Å². The van der Waals surface area contributed by atoms with E-state index in [1.54, 1.807) is 22.7 Å². The van der Waals surface area contributed by atoms with Gasteiger partial charge < -0.3 is 4.74 Å². The highest BCUT2D eigenvalue weighted by atomic mass is 32.2. The Morgan fingerprint density at radius 3 is 3.00 bits per heavy atom. The lowest BCUT2D eigenvalue weighted by atomic mass is 10.2. The van der Waals surface area contributed by atoms with Gasteiger partial charge in [-0.1, -0.05) is 23.1 Å². The number of nitrogens with zero attached hydrogens (tertiary/aromatic N) is 2. The summed E-state index contributed by atoms with van der Waals surface area (Å²) in [5.41, 5.74) is 0.963. The molecule has 7 heteroatoms. The van der Waals surface area contributed by atoms with Crippen molar-refractivity contribution in [1.82, 2.24) is 10.2 Å². The Labute approximate surface area is 123 Å². The normalized spacial score (nSPS) is 16.3. The van der Waals surface area contributed by atoms with Crippen molar-refractivity contribution >= 4 is 40.4 Å². The summed E-state index contributed by atoms with van der Waals surface area (Å²) >= 11 is 4.59. The Morgan fingerprint density at radius 1 is 1.53 bits per heavy atom. The maximum absolute atomic E-state index is 11.9. The van der Waals surface area contributed by atoms with E-state index in [1.807, 2.05) is 16.8 Å². The smallest absolute Gasteiger partial charge is 0.323 e. The van der Waals surface area contributed by atoms with Crippen molar-refractivity contribution in [2.24, 2.45) is 0 Å². The van der Waals surface area contributed by atoms with E-state index in [9.17, 15) is 4.79 Å². The molecule has 0 spiro atoms. The lowest BCUT2D eigenvalue weighted by Gasteiger charge is -2.10. The number of thioether (sulfide) groups is 1. The van der Waals surface area contributed by atoms with E-state index in [2.05, 4.69) is 10.2 Å². The number of carbonyl (C=O) groups is 1. The first-order valence-corrected chi connectivity index (χ1v) is 8.52. The summed E-state index contributed by atoms with van der Waals surface area (Å²) in [6.45, 7) is 0. The minimum absolute atomic E-state index is 0.244. The third kappa shape index (κ3) is 2.98. The molecule has 0 aromatic carbocycles. The molecule has 4 nitrogen and oxygen atoms in total. The van der Waals surface area contributed by atoms with Crippen LogP contribution in [0.1, 0.15) is 34.6 Å². The van der Waals surface area contributed by atoms with Crippen LogP contribution in [0.3, 0.4) is 0 Å². The average Bonchev–Trinajstić information content (AvgIpc) is 2.94. The van der Waals surface area contributed by atoms with E-state index in [4.69, 9.17) is 4.74 Å². The molecule has 2 aromatic rings. The standard InChI is InChI=1S/C12H12N2O2S3/c1-16-11(15)9(8-4-5-17-6-8)18-12-14-13-10(19-12)7-2-3-7/h4-7,9H,2-3H2,1H3. The van der Waals surface area contributed by atoms with Crippen molar-refractivity contribution in [3.05, 3.63) is 27.4 Å². The monoisotopic (exact) mass is 312 g/mol. The van der Waals surface area contributed by atoms with Crippen molar-refractivity contribution in [2.45, 2.75) is 28.3 Å². The third-order valence-electron chi connectivity index (χ3n) is 2.83. The molecule has 1 aliphatic rings. The molecule has 1 fully saturated rings. The van der Waals surface area contributed by atoms with Crippen LogP contribution >= 0.6 is 34.4 Å². The first-order chi connectivity index (χ1) is 9.28. The highest BCUT2D eigenvalue weighted by molar-refractivity contribution is 8.01. The van der Waals surface area contributed by atoms with Gasteiger partial charge in [0.25, 0.3) is 0 Å². The number of aromatic nitrogens is 2. The molecule has 1 atom stereocenters. The van der Waals surface area contributed by atoms with Crippen LogP contribution in [0, 0.1) is 0 Å². The number of hydrogen-bond donors (Lipinski definition) is 0. The Balaban J connectivity index is 1.77. The van der Waals surface area contributed by atoms with Gasteiger partial charge >= 0.3 is 5.97 Å². The number of thiophene rings is 1. The number of rotatable bonds is 5. The van der Waals surface area contributed by atoms with Crippen LogP contribution < -0.4 is 0 Å². The lowest BCUT2D eigenvalue weighted by molar-refractivity contribution is -0.140. The molecule has 19 heavy (non-hydrogen) atoms. The molecule has 3 rings (SSSR count). The van der Waals surface area contributed by atoms with Crippen molar-refractivity contribution in [2.75, 3.05) is 7.11 Å². The third-order valence-corrected chi connectivity index (χ3v) is 5.93. The number of esters is 1. The Kier molecular flexibility index (Phi) is 3.86. The first kappa shape index (κ1) is 13.1. The molecule has 2 aromatic heterocycles. The largest absolute Gasteiger partial charge is 0.468 e. The molecule has 0 saturated heterocycles. The Morgan fingerprint density at radius 2 is 2.37 bits per heavy atom. The Bertz CT molecular complexity index is 563. The minimum atomic E-state index is -0.351. The molecule has 0 radical (unpaired) electrons. The van der Waals surface area contributed by atoms with Crippen LogP contribution in [0.4, 0.5) is 0 Å². The van der Waals surface area contributed by atoms with Gasteiger partial charge in [-0.3, -0.25) is 4.79 Å². The molecule has 1 aliphatic carbocycles. The van der Waals surface area contributed by atoms with Gasteiger partial charge in [0.1, 0.15) is 10.3 Å². The molecule has 0 aliphatic heterocycles. The summed E-state index contributed by atoms with van der Waals surface area (Å²) < 4.78 is 5.71. The van der Waals surface area contributed by atoms with Gasteiger partial charge in [-0.05, 0) is 35.2 Å². The van der Waals surface area contributed by atoms with Crippen LogP contribution in [0.5, 0.6) is 0 Å². The fraction of sp³-hybridized carbons (Fsp3) is 0.417. The van der Waals surface area contributed by atoms with E-state index in [0.717, 1.165) is 14.9 Å². The van der Waals surface area contributed by atoms with Gasteiger partial charge in [-0.25, -0.2) is 0 Å². The molecular weight excluding hydrogens is 300 g/mol. The van der Waals surface area contributed by atoms with E-state index >= 15 is 0 Å². The van der Waals surface area contributed by atoms with Crippen LogP contribution in [-0.2, 0) is 9.53 Å². The highest BCUT2D eigenvalue weighted by Gasteiger charge is 2.29. The highest BCUT2D eigenvalue weighted by Crippen LogP contribution is 2.45. The fourth-order valence-corrected chi connectivity index (χ4v) is 4.67. The topological polar surface area (TPSA) is 52.1 Å². The Hall–Kier alpha value is -0.920. The molecular formula is C12H12N2O2S3. The van der Waals surface area contributed by atoms with Gasteiger partial charge in [0.05, 0.1) is 7.11 Å². The molecule has 1 unspecified atom stereocenters. The number of carbonyl (C=O) groups excluding carboxylic acids is 1. The molecule has 1 saturated carbocycles. The van der Waals surface area contributed by atoms with E-state index in [1.165, 1.54) is 31.7 Å². The SMILES string of the molecule is COC(=O)C(Sc1nnc(C2CC2)s1)c1ccsc1. The van der Waals surface area contributed by atoms with Crippen molar-refractivity contribution < 1.29 is 9.53 Å². The summed E-state index contributed by atoms with van der Waals surface area (Å²) in [4.78, 5) is 11.9. The quantitative estimate of drug-likeness (QED) is 0.625. The number of hydrogen-bond acceptors (Lipinski definition) is 7. The van der Waals surface area contributed by atoms with Gasteiger partial charge in [-0.2, -0.15) is 11.3 Å². The van der Waals surface area contributed by atoms with E-state index in [-0.39, 0.29) is 11.2 Å². The second-order valence-electron chi connectivity index (χ2n) is 4.26. The maximum Gasteiger partial charge on any atom is 0.323 e. The summed E-state index contributed by atoms with van der Waals surface area (Å²) in [5, 5.41) is 13.0. The summed E-state index contributed by atoms with van der Waals surface area (Å²) in [7, 11) is 1.41. The second-order valence-corrected chi connectivity index (χ2v) is 7.40. The zero-order valence-corrected chi connectivity index (χ0v) is 12.7. The fourth-order valence-electron chi connectivity index (χ4n) is 1.65. The van der Waals surface area contributed by atoms with Crippen molar-refractivity contribution in [1.29, 1.82) is 0 Å². The number of methoxy groups -OCH3 is 1. The summed E-state index contributed by atoms with van der Waals surface area (Å²) in [5.74, 6) is 0.358.